The van der Waals surface area contributed by atoms with E-state index in [-0.39, 0.29) is 19.0 Å². The molecule has 1 saturated heterocycles. The number of likely N-dealkylation sites (N-methyl/N-ethyl adjacent to an activating group) is 1. The monoisotopic (exact) mass is 426 g/mol. The third kappa shape index (κ3) is 3.15. The maximum absolute atomic E-state index is 12.6. The predicted molar refractivity (Wildman–Crippen MR) is 108 cm³/mol. The average molecular weight is 427 g/mol. The van der Waals surface area contributed by atoms with Crippen molar-refractivity contribution in [2.24, 2.45) is 5.92 Å². The molecule has 30 heavy (non-hydrogen) atoms. The van der Waals surface area contributed by atoms with Crippen LogP contribution in [0.2, 0.25) is 5.02 Å². The van der Waals surface area contributed by atoms with Gasteiger partial charge in [0, 0.05) is 30.8 Å². The van der Waals surface area contributed by atoms with Crippen LogP contribution in [0.3, 0.4) is 0 Å². The first-order chi connectivity index (χ1) is 14.4. The Bertz CT molecular complexity index is 1190. The molecule has 2 fully saturated rings. The van der Waals surface area contributed by atoms with Crippen LogP contribution in [0.15, 0.2) is 30.5 Å². The van der Waals surface area contributed by atoms with E-state index >= 15 is 0 Å². The molecule has 3 aromatic rings. The van der Waals surface area contributed by atoms with Crippen molar-refractivity contribution in [3.8, 4) is 11.1 Å². The molecule has 3 heterocycles. The van der Waals surface area contributed by atoms with E-state index in [1.54, 1.807) is 12.1 Å². The maximum Gasteiger partial charge on any atom is 0.327 e. The first kappa shape index (κ1) is 18.8. The summed E-state index contributed by atoms with van der Waals surface area (Å²) in [5.41, 5.74) is 3.18. The minimum absolute atomic E-state index is 0.0317. The molecule has 0 radical (unpaired) electrons. The Kier molecular flexibility index (Phi) is 4.35. The number of urea groups is 1. The highest BCUT2D eigenvalue weighted by Crippen LogP contribution is 2.35. The molecule has 0 spiro atoms. The molecule has 0 unspecified atom stereocenters. The van der Waals surface area contributed by atoms with Crippen molar-refractivity contribution < 1.29 is 14.3 Å². The molecular weight excluding hydrogens is 408 g/mol. The Balaban J connectivity index is 1.42. The largest absolute Gasteiger partial charge is 0.618 e. The smallest absolute Gasteiger partial charge is 0.327 e. The van der Waals surface area contributed by atoms with Crippen molar-refractivity contribution in [2.45, 2.75) is 25.9 Å². The van der Waals surface area contributed by atoms with E-state index in [0.717, 1.165) is 17.0 Å². The second kappa shape index (κ2) is 6.94. The van der Waals surface area contributed by atoms with Crippen LogP contribution in [0.5, 0.6) is 0 Å². The first-order valence-electron chi connectivity index (χ1n) is 9.72. The molecule has 5 rings (SSSR count). The molecular formula is C20H19ClN6O3. The van der Waals surface area contributed by atoms with Gasteiger partial charge in [-0.05, 0) is 30.9 Å². The van der Waals surface area contributed by atoms with Crippen LogP contribution in [-0.4, -0.2) is 50.3 Å². The molecule has 0 bridgehead atoms. The number of carbonyl (C=O) groups is 2. The lowest BCUT2D eigenvalue weighted by Gasteiger charge is -2.14. The Morgan fingerprint density at radius 2 is 2.03 bits per heavy atom. The molecule has 2 aliphatic rings. The summed E-state index contributed by atoms with van der Waals surface area (Å²) in [6, 6.07) is 6.79. The lowest BCUT2D eigenvalue weighted by atomic mass is 10.1. The summed E-state index contributed by atoms with van der Waals surface area (Å²) >= 11 is 6.60. The molecule has 10 heteroatoms. The number of carbonyl (C=O) groups excluding carboxylic acids is 2. The van der Waals surface area contributed by atoms with Crippen molar-refractivity contribution in [1.82, 2.24) is 24.8 Å². The number of halogens is 1. The van der Waals surface area contributed by atoms with Gasteiger partial charge in [-0.1, -0.05) is 22.9 Å². The van der Waals surface area contributed by atoms with Crippen LogP contribution in [0.25, 0.3) is 22.2 Å². The lowest BCUT2D eigenvalue weighted by molar-refractivity contribution is -0.614. The fraction of sp³-hybridized carbons (Fsp3) is 0.350. The van der Waals surface area contributed by atoms with Gasteiger partial charge in [0.2, 0.25) is 11.6 Å². The second-order valence-corrected chi connectivity index (χ2v) is 8.21. The van der Waals surface area contributed by atoms with Crippen LogP contribution >= 0.6 is 11.6 Å². The summed E-state index contributed by atoms with van der Waals surface area (Å²) in [6.07, 6.45) is 3.86. The fourth-order valence-corrected chi connectivity index (χ4v) is 3.98. The molecule has 9 nitrogen and oxygen atoms in total. The van der Waals surface area contributed by atoms with Crippen molar-refractivity contribution in [1.29, 1.82) is 0 Å². The van der Waals surface area contributed by atoms with Crippen LogP contribution in [-0.2, 0) is 17.9 Å². The van der Waals surface area contributed by atoms with E-state index in [0.29, 0.717) is 38.0 Å². The molecule has 154 valence electrons. The SMILES string of the molecule is CN1C(=O)CN(Cc2ccc(-c3ccc4c(nnn4CC4CC4)c3Cl)c[n+]2[O-])C1=O. The summed E-state index contributed by atoms with van der Waals surface area (Å²) < 4.78 is 2.58. The third-order valence-corrected chi connectivity index (χ3v) is 6.05. The standard InChI is InChI=1S/C20H19ClN6O3/c1-24-17(28)11-25(20(24)29)10-14-5-4-13(9-27(14)30)15-6-7-16-19(18(15)21)22-23-26(16)8-12-2-3-12/h4-7,9,12H,2-3,8,10-11H2,1H3. The summed E-state index contributed by atoms with van der Waals surface area (Å²) in [5.74, 6) is 0.377. The van der Waals surface area contributed by atoms with Crippen LogP contribution in [0.4, 0.5) is 4.79 Å². The minimum atomic E-state index is -0.410. The highest BCUT2D eigenvalue weighted by atomic mass is 35.5. The van der Waals surface area contributed by atoms with E-state index in [1.165, 1.54) is 31.0 Å². The zero-order valence-electron chi connectivity index (χ0n) is 16.3. The number of aromatic nitrogens is 4. The summed E-state index contributed by atoms with van der Waals surface area (Å²) in [6.45, 7) is 0.866. The number of benzene rings is 1. The van der Waals surface area contributed by atoms with Gasteiger partial charge in [0.25, 0.3) is 0 Å². The zero-order valence-corrected chi connectivity index (χ0v) is 17.0. The van der Waals surface area contributed by atoms with Crippen LogP contribution in [0.1, 0.15) is 18.5 Å². The third-order valence-electron chi connectivity index (χ3n) is 5.67. The van der Waals surface area contributed by atoms with E-state index < -0.39 is 6.03 Å². The van der Waals surface area contributed by atoms with Gasteiger partial charge in [0.1, 0.15) is 18.6 Å². The second-order valence-electron chi connectivity index (χ2n) is 7.84. The Morgan fingerprint density at radius 1 is 1.23 bits per heavy atom. The number of rotatable bonds is 5. The number of amides is 3. The van der Waals surface area contributed by atoms with Crippen LogP contribution in [0, 0.1) is 11.1 Å². The van der Waals surface area contributed by atoms with Gasteiger partial charge < -0.3 is 10.1 Å². The van der Waals surface area contributed by atoms with Crippen molar-refractivity contribution in [3.05, 3.63) is 46.4 Å². The molecule has 2 aromatic heterocycles. The van der Waals surface area contributed by atoms with Crippen LogP contribution < -0.4 is 4.73 Å². The number of imide groups is 1. The zero-order chi connectivity index (χ0) is 21.0. The maximum atomic E-state index is 12.6. The first-order valence-corrected chi connectivity index (χ1v) is 10.1. The molecule has 0 N–H and O–H groups in total. The van der Waals surface area contributed by atoms with E-state index in [2.05, 4.69) is 10.3 Å². The summed E-state index contributed by atoms with van der Waals surface area (Å²) in [4.78, 5) is 26.1. The Hall–Kier alpha value is -3.20. The van der Waals surface area contributed by atoms with Gasteiger partial charge in [-0.3, -0.25) is 9.69 Å². The average Bonchev–Trinajstić information content (AvgIpc) is 3.40. The molecule has 1 aromatic carbocycles. The van der Waals surface area contributed by atoms with Crippen molar-refractivity contribution in [2.75, 3.05) is 13.6 Å². The van der Waals surface area contributed by atoms with E-state index in [1.807, 2.05) is 16.8 Å². The van der Waals surface area contributed by atoms with E-state index in [4.69, 9.17) is 11.6 Å². The molecule has 1 aliphatic carbocycles. The summed E-state index contributed by atoms with van der Waals surface area (Å²) in [5, 5.41) is 21.5. The highest BCUT2D eigenvalue weighted by molar-refractivity contribution is 6.37. The number of hydrogen-bond acceptors (Lipinski definition) is 5. The Labute approximate surface area is 177 Å². The highest BCUT2D eigenvalue weighted by Gasteiger charge is 2.34. The number of nitrogens with zero attached hydrogens (tertiary/aromatic N) is 6. The number of hydrogen-bond donors (Lipinski definition) is 0. The lowest BCUT2D eigenvalue weighted by Crippen LogP contribution is -2.37. The quantitative estimate of drug-likeness (QED) is 0.354. The van der Waals surface area contributed by atoms with Gasteiger partial charge in [-0.15, -0.1) is 5.10 Å². The van der Waals surface area contributed by atoms with Gasteiger partial charge in [0.15, 0.2) is 6.20 Å². The van der Waals surface area contributed by atoms with Gasteiger partial charge in [0.05, 0.1) is 10.5 Å². The van der Waals surface area contributed by atoms with Gasteiger partial charge in [-0.2, -0.15) is 4.73 Å². The van der Waals surface area contributed by atoms with E-state index in [9.17, 15) is 14.8 Å². The fourth-order valence-electron chi connectivity index (χ4n) is 3.68. The Morgan fingerprint density at radius 3 is 2.70 bits per heavy atom. The molecule has 1 aliphatic heterocycles. The minimum Gasteiger partial charge on any atom is -0.618 e. The number of pyridine rings is 1. The van der Waals surface area contributed by atoms with Crippen molar-refractivity contribution in [3.63, 3.8) is 0 Å². The predicted octanol–water partition coefficient (Wildman–Crippen LogP) is 2.19. The van der Waals surface area contributed by atoms with Gasteiger partial charge >= 0.3 is 6.03 Å². The number of fused-ring (bicyclic) bond motifs is 1. The summed E-state index contributed by atoms with van der Waals surface area (Å²) in [7, 11) is 1.43. The molecule has 1 saturated carbocycles. The van der Waals surface area contributed by atoms with Crippen molar-refractivity contribution >= 4 is 34.6 Å². The van der Waals surface area contributed by atoms with Gasteiger partial charge in [-0.25, -0.2) is 9.48 Å². The molecule has 3 amide bonds. The topological polar surface area (TPSA) is 98.3 Å². The molecule has 0 atom stereocenters. The normalized spacial score (nSPS) is 16.9.